The van der Waals surface area contributed by atoms with Crippen LogP contribution in [0.3, 0.4) is 0 Å². The van der Waals surface area contributed by atoms with Gasteiger partial charge in [-0.1, -0.05) is 54.6 Å². The number of phenols is 1. The minimum absolute atomic E-state index is 0.0172. The summed E-state index contributed by atoms with van der Waals surface area (Å²) in [5, 5.41) is 14.9. The molecule has 0 unspecified atom stereocenters. The number of aromatic hydroxyl groups is 1. The van der Waals surface area contributed by atoms with Crippen molar-refractivity contribution >= 4 is 52.3 Å². The lowest BCUT2D eigenvalue weighted by atomic mass is 10.0. The Hall–Kier alpha value is -4.46. The van der Waals surface area contributed by atoms with E-state index in [1.807, 2.05) is 54.6 Å². The normalized spacial score (nSPS) is 13.6. The van der Waals surface area contributed by atoms with E-state index in [2.05, 4.69) is 5.32 Å². The Kier molecular flexibility index (Phi) is 6.68. The molecule has 4 rings (SSSR count). The number of carbonyl (C=O) groups is 4. The Morgan fingerprint density at radius 3 is 2.26 bits per heavy atom. The van der Waals surface area contributed by atoms with Crippen LogP contribution in [-0.2, 0) is 24.0 Å². The molecule has 1 saturated heterocycles. The first kappa shape index (κ1) is 22.7. The summed E-state index contributed by atoms with van der Waals surface area (Å²) in [5.74, 6) is -2.10. The number of imide groups is 1. The fourth-order valence-corrected chi connectivity index (χ4v) is 3.56. The maximum absolute atomic E-state index is 12.1. The molecule has 1 heterocycles. The topological polar surface area (TPSA) is 113 Å². The predicted molar refractivity (Wildman–Crippen MR) is 126 cm³/mol. The molecular formula is C26H22N2O6. The summed E-state index contributed by atoms with van der Waals surface area (Å²) in [4.78, 5) is 51.6. The van der Waals surface area contributed by atoms with Gasteiger partial charge >= 0.3 is 5.97 Å². The molecule has 1 aliphatic heterocycles. The van der Waals surface area contributed by atoms with E-state index < -0.39 is 23.7 Å². The summed E-state index contributed by atoms with van der Waals surface area (Å²) >= 11 is 0. The first-order chi connectivity index (χ1) is 16.4. The van der Waals surface area contributed by atoms with Gasteiger partial charge in [0, 0.05) is 30.3 Å². The van der Waals surface area contributed by atoms with Gasteiger partial charge in [-0.2, -0.15) is 0 Å². The van der Waals surface area contributed by atoms with E-state index in [0.717, 1.165) is 21.9 Å². The lowest BCUT2D eigenvalue weighted by Gasteiger charge is -2.12. The van der Waals surface area contributed by atoms with Crippen molar-refractivity contribution in [1.82, 2.24) is 5.06 Å². The average molecular weight is 458 g/mol. The highest BCUT2D eigenvalue weighted by Crippen LogP contribution is 2.28. The first-order valence-electron chi connectivity index (χ1n) is 10.8. The second kappa shape index (κ2) is 9.99. The highest BCUT2D eigenvalue weighted by atomic mass is 16.7. The molecule has 34 heavy (non-hydrogen) atoms. The van der Waals surface area contributed by atoms with Gasteiger partial charge < -0.3 is 15.3 Å². The molecule has 0 aliphatic carbocycles. The van der Waals surface area contributed by atoms with Gasteiger partial charge in [-0.05, 0) is 34.7 Å². The van der Waals surface area contributed by atoms with Gasteiger partial charge in [-0.3, -0.25) is 14.4 Å². The zero-order valence-electron chi connectivity index (χ0n) is 18.2. The van der Waals surface area contributed by atoms with E-state index in [4.69, 9.17) is 4.84 Å². The van der Waals surface area contributed by atoms with Crippen molar-refractivity contribution in [2.45, 2.75) is 25.7 Å². The molecule has 8 nitrogen and oxygen atoms in total. The molecule has 0 radical (unpaired) electrons. The fourth-order valence-electron chi connectivity index (χ4n) is 3.56. The summed E-state index contributed by atoms with van der Waals surface area (Å²) in [5.41, 5.74) is 2.45. The molecule has 0 bridgehead atoms. The predicted octanol–water partition coefficient (Wildman–Crippen LogP) is 4.04. The summed E-state index contributed by atoms with van der Waals surface area (Å²) in [6.45, 7) is 0. The molecule has 3 aromatic rings. The van der Waals surface area contributed by atoms with Crippen LogP contribution in [-0.4, -0.2) is 33.9 Å². The van der Waals surface area contributed by atoms with Crippen LogP contribution in [0.1, 0.15) is 36.8 Å². The highest BCUT2D eigenvalue weighted by Gasteiger charge is 2.32. The number of fused-ring (bicyclic) bond motifs is 1. The summed E-state index contributed by atoms with van der Waals surface area (Å²) in [7, 11) is 0. The molecule has 0 spiro atoms. The Balaban J connectivity index is 1.30. The van der Waals surface area contributed by atoms with Crippen molar-refractivity contribution < 1.29 is 29.1 Å². The number of carbonyl (C=O) groups excluding carboxylic acids is 4. The van der Waals surface area contributed by atoms with Gasteiger partial charge in [0.1, 0.15) is 5.75 Å². The molecule has 2 N–H and O–H groups in total. The second-order valence-corrected chi connectivity index (χ2v) is 7.77. The Morgan fingerprint density at radius 1 is 0.882 bits per heavy atom. The first-order valence-corrected chi connectivity index (χ1v) is 10.8. The second-order valence-electron chi connectivity index (χ2n) is 7.77. The zero-order chi connectivity index (χ0) is 24.1. The van der Waals surface area contributed by atoms with Crippen molar-refractivity contribution in [3.05, 3.63) is 71.8 Å². The fraction of sp³-hybridized carbons (Fsp3) is 0.154. The van der Waals surface area contributed by atoms with Crippen molar-refractivity contribution in [2.75, 3.05) is 5.32 Å². The highest BCUT2D eigenvalue weighted by molar-refractivity contribution is 6.02. The molecule has 0 aromatic heterocycles. The average Bonchev–Trinajstić information content (AvgIpc) is 3.15. The third kappa shape index (κ3) is 5.29. The minimum atomic E-state index is -0.819. The van der Waals surface area contributed by atoms with Gasteiger partial charge in [-0.25, -0.2) is 4.79 Å². The molecule has 3 amide bonds. The molecule has 172 valence electrons. The number of hydrogen-bond acceptors (Lipinski definition) is 6. The third-order valence-electron chi connectivity index (χ3n) is 5.34. The molecule has 1 aliphatic rings. The van der Waals surface area contributed by atoms with Gasteiger partial charge in [-0.15, -0.1) is 5.06 Å². The maximum Gasteiger partial charge on any atom is 0.333 e. The van der Waals surface area contributed by atoms with Gasteiger partial charge in [0.2, 0.25) is 5.91 Å². The number of phenolic OH excluding ortho intramolecular Hbond substituents is 1. The van der Waals surface area contributed by atoms with Crippen LogP contribution in [0.15, 0.2) is 60.7 Å². The third-order valence-corrected chi connectivity index (χ3v) is 5.34. The summed E-state index contributed by atoms with van der Waals surface area (Å²) < 4.78 is 0. The van der Waals surface area contributed by atoms with Crippen LogP contribution in [0.2, 0.25) is 0 Å². The number of hydroxylamine groups is 2. The quantitative estimate of drug-likeness (QED) is 0.408. The number of nitrogens with zero attached hydrogens (tertiary/aromatic N) is 1. The summed E-state index contributed by atoms with van der Waals surface area (Å²) in [6.07, 6.45) is 3.51. The number of hydrogen-bond donors (Lipinski definition) is 2. The van der Waals surface area contributed by atoms with Crippen molar-refractivity contribution in [3.63, 3.8) is 0 Å². The number of rotatable bonds is 7. The molecular weight excluding hydrogens is 436 g/mol. The van der Waals surface area contributed by atoms with Crippen molar-refractivity contribution in [1.29, 1.82) is 0 Å². The van der Waals surface area contributed by atoms with E-state index in [1.165, 1.54) is 0 Å². The van der Waals surface area contributed by atoms with Gasteiger partial charge in [0.15, 0.2) is 0 Å². The van der Waals surface area contributed by atoms with Gasteiger partial charge in [0.25, 0.3) is 11.8 Å². The summed E-state index contributed by atoms with van der Waals surface area (Å²) in [6, 6.07) is 18.3. The Labute approximate surface area is 195 Å². The molecule has 3 aromatic carbocycles. The standard InChI is InChI=1S/C26H22N2O6/c29-22-12-9-18(20-3-1-2-4-21(20)22)8-5-17-6-10-19(11-7-17)27-23(30)13-16-26(33)34-28-24(31)14-15-25(28)32/h1-12,29H,13-16H2,(H,27,30)/b8-5+. The number of benzene rings is 3. The van der Waals surface area contributed by atoms with Gasteiger partial charge in [0.05, 0.1) is 6.42 Å². The van der Waals surface area contributed by atoms with Crippen LogP contribution in [0.4, 0.5) is 5.69 Å². The van der Waals surface area contributed by atoms with Crippen LogP contribution in [0.5, 0.6) is 5.75 Å². The minimum Gasteiger partial charge on any atom is -0.507 e. The van der Waals surface area contributed by atoms with E-state index in [1.54, 1.807) is 18.2 Å². The molecule has 1 fully saturated rings. The lowest BCUT2D eigenvalue weighted by Crippen LogP contribution is -2.32. The van der Waals surface area contributed by atoms with E-state index >= 15 is 0 Å². The molecule has 8 heteroatoms. The van der Waals surface area contributed by atoms with Crippen LogP contribution < -0.4 is 5.32 Å². The lowest BCUT2D eigenvalue weighted by molar-refractivity contribution is -0.197. The van der Waals surface area contributed by atoms with E-state index in [-0.39, 0.29) is 31.4 Å². The zero-order valence-corrected chi connectivity index (χ0v) is 18.2. The monoisotopic (exact) mass is 458 g/mol. The Bertz CT molecular complexity index is 1280. The van der Waals surface area contributed by atoms with Crippen molar-refractivity contribution in [2.24, 2.45) is 0 Å². The number of nitrogens with one attached hydrogen (secondary N) is 1. The largest absolute Gasteiger partial charge is 0.507 e. The van der Waals surface area contributed by atoms with E-state index in [0.29, 0.717) is 10.8 Å². The van der Waals surface area contributed by atoms with Crippen LogP contribution in [0, 0.1) is 0 Å². The van der Waals surface area contributed by atoms with Crippen molar-refractivity contribution in [3.8, 4) is 5.75 Å². The van der Waals surface area contributed by atoms with Crippen LogP contribution >= 0.6 is 0 Å². The molecule has 0 atom stereocenters. The maximum atomic E-state index is 12.1. The van der Waals surface area contributed by atoms with E-state index in [9.17, 15) is 24.3 Å². The SMILES string of the molecule is O=C(CCC(=O)ON1C(=O)CCC1=O)Nc1ccc(/C=C/c2ccc(O)c3ccccc23)cc1. The smallest absolute Gasteiger partial charge is 0.333 e. The molecule has 0 saturated carbocycles. The Morgan fingerprint density at radius 2 is 1.56 bits per heavy atom. The van der Waals surface area contributed by atoms with Crippen LogP contribution in [0.25, 0.3) is 22.9 Å². The number of amides is 3. The number of anilines is 1.